The third kappa shape index (κ3) is 4.06. The van der Waals surface area contributed by atoms with E-state index >= 15 is 0 Å². The molecule has 0 bridgehead atoms. The molecule has 1 amide bonds. The molecule has 0 aromatic heterocycles. The summed E-state index contributed by atoms with van der Waals surface area (Å²) >= 11 is 3.51. The molecule has 2 rings (SSSR count). The van der Waals surface area contributed by atoms with Crippen LogP contribution in [0, 0.1) is 0 Å². The number of hydrogen-bond donors (Lipinski definition) is 2. The molecule has 1 aliphatic carbocycles. The highest BCUT2D eigenvalue weighted by atomic mass is 79.9. The van der Waals surface area contributed by atoms with Crippen molar-refractivity contribution in [2.24, 2.45) is 0 Å². The molecule has 1 unspecified atom stereocenters. The van der Waals surface area contributed by atoms with Gasteiger partial charge in [-0.3, -0.25) is 4.79 Å². The summed E-state index contributed by atoms with van der Waals surface area (Å²) in [7, 11) is 0. The zero-order valence-corrected chi connectivity index (χ0v) is 13.7. The van der Waals surface area contributed by atoms with Crippen molar-refractivity contribution < 1.29 is 4.79 Å². The van der Waals surface area contributed by atoms with Crippen LogP contribution < -0.4 is 10.6 Å². The lowest BCUT2D eigenvalue weighted by atomic mass is 9.75. The molecule has 0 heterocycles. The van der Waals surface area contributed by atoms with E-state index in [0.717, 1.165) is 30.3 Å². The summed E-state index contributed by atoms with van der Waals surface area (Å²) in [5.41, 5.74) is 1.39. The Morgan fingerprint density at radius 2 is 2.20 bits per heavy atom. The summed E-state index contributed by atoms with van der Waals surface area (Å²) in [6, 6.07) is 8.87. The molecule has 0 aliphatic heterocycles. The minimum absolute atomic E-state index is 0.102. The minimum atomic E-state index is -0.102. The van der Waals surface area contributed by atoms with Gasteiger partial charge in [0.25, 0.3) is 0 Å². The summed E-state index contributed by atoms with van der Waals surface area (Å²) < 4.78 is 1.14. The highest BCUT2D eigenvalue weighted by Crippen LogP contribution is 2.37. The van der Waals surface area contributed by atoms with Crippen molar-refractivity contribution in [3.8, 4) is 0 Å². The van der Waals surface area contributed by atoms with Crippen LogP contribution in [0.1, 0.15) is 44.6 Å². The van der Waals surface area contributed by atoms with Gasteiger partial charge in [-0.05, 0) is 49.8 Å². The van der Waals surface area contributed by atoms with Crippen LogP contribution in [0.4, 0.5) is 0 Å². The molecule has 0 saturated heterocycles. The van der Waals surface area contributed by atoms with E-state index < -0.39 is 0 Å². The molecular weight excluding hydrogens is 316 g/mol. The summed E-state index contributed by atoms with van der Waals surface area (Å²) in [5.74, 6) is 0.730. The summed E-state index contributed by atoms with van der Waals surface area (Å²) in [4.78, 5) is 11.8. The predicted octanol–water partition coefficient (Wildman–Crippen LogP) is 3.20. The highest BCUT2D eigenvalue weighted by Gasteiger charge is 2.32. The fourth-order valence-corrected chi connectivity index (χ4v) is 3.03. The van der Waals surface area contributed by atoms with E-state index in [9.17, 15) is 4.79 Å². The minimum Gasteiger partial charge on any atom is -0.355 e. The Bertz CT molecular complexity index is 458. The Hall–Kier alpha value is -0.870. The van der Waals surface area contributed by atoms with Gasteiger partial charge in [0.1, 0.15) is 0 Å². The number of amides is 1. The monoisotopic (exact) mass is 338 g/mol. The zero-order valence-electron chi connectivity index (χ0n) is 12.2. The van der Waals surface area contributed by atoms with Gasteiger partial charge in [0.15, 0.2) is 0 Å². The van der Waals surface area contributed by atoms with Crippen LogP contribution in [-0.2, 0) is 4.79 Å². The van der Waals surface area contributed by atoms with Crippen molar-refractivity contribution >= 4 is 21.8 Å². The second kappa shape index (κ2) is 7.23. The topological polar surface area (TPSA) is 41.1 Å². The third-order valence-corrected chi connectivity index (χ3v) is 4.38. The first-order valence-corrected chi connectivity index (χ1v) is 8.18. The average Bonchev–Trinajstić information content (AvgIpc) is 2.39. The Labute approximate surface area is 129 Å². The van der Waals surface area contributed by atoms with Crippen LogP contribution in [0.5, 0.6) is 0 Å². The number of carbonyl (C=O) groups excluding carboxylic acids is 1. The zero-order chi connectivity index (χ0) is 14.5. The van der Waals surface area contributed by atoms with E-state index in [1.165, 1.54) is 5.56 Å². The Morgan fingerprint density at radius 3 is 2.85 bits per heavy atom. The van der Waals surface area contributed by atoms with Crippen molar-refractivity contribution in [2.45, 2.75) is 51.1 Å². The van der Waals surface area contributed by atoms with E-state index in [1.807, 2.05) is 6.92 Å². The van der Waals surface area contributed by atoms with Gasteiger partial charge in [0.05, 0.1) is 6.04 Å². The van der Waals surface area contributed by atoms with E-state index in [4.69, 9.17) is 0 Å². The molecule has 20 heavy (non-hydrogen) atoms. The van der Waals surface area contributed by atoms with Crippen LogP contribution in [0.3, 0.4) is 0 Å². The van der Waals surface area contributed by atoms with Crippen molar-refractivity contribution in [2.75, 3.05) is 6.54 Å². The average molecular weight is 339 g/mol. The molecule has 110 valence electrons. The van der Waals surface area contributed by atoms with Crippen molar-refractivity contribution in [1.82, 2.24) is 10.6 Å². The Balaban J connectivity index is 1.75. The maximum absolute atomic E-state index is 11.8. The SMILES string of the molecule is CCCNC(=O)C(C)NC1CC(c2cccc(Br)c2)C1. The number of carbonyl (C=O) groups is 1. The standard InChI is InChI=1S/C16H23BrN2O/c1-3-7-18-16(20)11(2)19-15-9-13(10-15)12-5-4-6-14(17)8-12/h4-6,8,11,13,15,19H,3,7,9-10H2,1-2H3,(H,18,20). The lowest BCUT2D eigenvalue weighted by Gasteiger charge is -2.38. The van der Waals surface area contributed by atoms with E-state index in [1.54, 1.807) is 0 Å². The van der Waals surface area contributed by atoms with E-state index in [2.05, 4.69) is 57.8 Å². The molecule has 2 N–H and O–H groups in total. The molecule has 4 heteroatoms. The third-order valence-electron chi connectivity index (χ3n) is 3.89. The Kier molecular flexibility index (Phi) is 5.61. The van der Waals surface area contributed by atoms with E-state index in [-0.39, 0.29) is 11.9 Å². The fraction of sp³-hybridized carbons (Fsp3) is 0.562. The molecule has 3 nitrogen and oxygen atoms in total. The van der Waals surface area contributed by atoms with Crippen molar-refractivity contribution in [3.63, 3.8) is 0 Å². The second-order valence-corrected chi connectivity index (χ2v) is 6.52. The molecule has 1 aliphatic rings. The first-order chi connectivity index (χ1) is 9.60. The first-order valence-electron chi connectivity index (χ1n) is 7.39. The molecule has 1 aromatic carbocycles. The number of benzene rings is 1. The predicted molar refractivity (Wildman–Crippen MR) is 85.8 cm³/mol. The van der Waals surface area contributed by atoms with Gasteiger partial charge < -0.3 is 10.6 Å². The number of nitrogens with one attached hydrogen (secondary N) is 2. The lowest BCUT2D eigenvalue weighted by molar-refractivity contribution is -0.123. The highest BCUT2D eigenvalue weighted by molar-refractivity contribution is 9.10. The maximum Gasteiger partial charge on any atom is 0.236 e. The molecule has 1 atom stereocenters. The van der Waals surface area contributed by atoms with Gasteiger partial charge in [0, 0.05) is 17.1 Å². The summed E-state index contributed by atoms with van der Waals surface area (Å²) in [6.07, 6.45) is 3.20. The van der Waals surface area contributed by atoms with Crippen LogP contribution in [0.15, 0.2) is 28.7 Å². The number of rotatable bonds is 6. The van der Waals surface area contributed by atoms with Gasteiger partial charge in [-0.25, -0.2) is 0 Å². The largest absolute Gasteiger partial charge is 0.355 e. The molecule has 0 radical (unpaired) electrons. The quantitative estimate of drug-likeness (QED) is 0.836. The van der Waals surface area contributed by atoms with Crippen molar-refractivity contribution in [3.05, 3.63) is 34.3 Å². The van der Waals surface area contributed by atoms with Crippen LogP contribution in [0.25, 0.3) is 0 Å². The van der Waals surface area contributed by atoms with Crippen LogP contribution in [-0.4, -0.2) is 24.5 Å². The van der Waals surface area contributed by atoms with Crippen LogP contribution >= 0.6 is 15.9 Å². The van der Waals surface area contributed by atoms with Crippen molar-refractivity contribution in [1.29, 1.82) is 0 Å². The molecular formula is C16H23BrN2O. The first kappa shape index (κ1) is 15.5. The molecule has 1 aromatic rings. The van der Waals surface area contributed by atoms with Gasteiger partial charge in [-0.15, -0.1) is 0 Å². The van der Waals surface area contributed by atoms with Gasteiger partial charge >= 0.3 is 0 Å². The van der Waals surface area contributed by atoms with Crippen LogP contribution in [0.2, 0.25) is 0 Å². The molecule has 0 spiro atoms. The molecule has 1 fully saturated rings. The van der Waals surface area contributed by atoms with E-state index in [0.29, 0.717) is 12.0 Å². The van der Waals surface area contributed by atoms with Gasteiger partial charge in [-0.2, -0.15) is 0 Å². The normalized spacial score (nSPS) is 22.9. The smallest absolute Gasteiger partial charge is 0.236 e. The fourth-order valence-electron chi connectivity index (χ4n) is 2.62. The van der Waals surface area contributed by atoms with Gasteiger partial charge in [0.2, 0.25) is 5.91 Å². The van der Waals surface area contributed by atoms with Gasteiger partial charge in [-0.1, -0.05) is 35.0 Å². The number of hydrogen-bond acceptors (Lipinski definition) is 2. The maximum atomic E-state index is 11.8. The summed E-state index contributed by atoms with van der Waals surface area (Å²) in [6.45, 7) is 4.76. The second-order valence-electron chi connectivity index (χ2n) is 5.60. The number of halogens is 1. The lowest BCUT2D eigenvalue weighted by Crippen LogP contribution is -2.50. The summed E-state index contributed by atoms with van der Waals surface area (Å²) in [5, 5.41) is 6.34. The Morgan fingerprint density at radius 1 is 1.45 bits per heavy atom. The molecule has 1 saturated carbocycles.